The van der Waals surface area contributed by atoms with Gasteiger partial charge in [0, 0.05) is 25.1 Å². The Morgan fingerprint density at radius 2 is 2.00 bits per heavy atom. The fraction of sp³-hybridized carbons (Fsp3) is 0.421. The van der Waals surface area contributed by atoms with Crippen LogP contribution in [0.5, 0.6) is 5.75 Å². The number of pyridine rings is 2. The van der Waals surface area contributed by atoms with Crippen LogP contribution in [0.1, 0.15) is 44.2 Å². The van der Waals surface area contributed by atoms with E-state index in [0.717, 1.165) is 37.8 Å². The van der Waals surface area contributed by atoms with Crippen LogP contribution in [-0.2, 0) is 4.79 Å². The minimum absolute atomic E-state index is 0.0302. The lowest BCUT2D eigenvalue weighted by atomic mass is 10.0. The summed E-state index contributed by atoms with van der Waals surface area (Å²) in [5.41, 5.74) is 1.15. The van der Waals surface area contributed by atoms with Crippen molar-refractivity contribution < 1.29 is 9.53 Å². The molecule has 1 fully saturated rings. The lowest BCUT2D eigenvalue weighted by Crippen LogP contribution is -2.42. The highest BCUT2D eigenvalue weighted by atomic mass is 16.5. The Bertz CT molecular complexity index is 648. The summed E-state index contributed by atoms with van der Waals surface area (Å²) < 4.78 is 5.79. The second-order valence-electron chi connectivity index (χ2n) is 6.13. The van der Waals surface area contributed by atoms with Gasteiger partial charge in [-0.2, -0.15) is 0 Å². The van der Waals surface area contributed by atoms with Crippen LogP contribution in [0.4, 0.5) is 0 Å². The molecule has 0 radical (unpaired) electrons. The first-order valence-electron chi connectivity index (χ1n) is 8.53. The number of ether oxygens (including phenoxy) is 1. The molecule has 0 aliphatic carbocycles. The molecule has 1 saturated heterocycles. The van der Waals surface area contributed by atoms with Crippen molar-refractivity contribution >= 4 is 5.91 Å². The first-order chi connectivity index (χ1) is 11.8. The van der Waals surface area contributed by atoms with E-state index in [-0.39, 0.29) is 11.9 Å². The van der Waals surface area contributed by atoms with Gasteiger partial charge in [-0.15, -0.1) is 0 Å². The van der Waals surface area contributed by atoms with E-state index in [1.807, 2.05) is 30.0 Å². The first-order valence-corrected chi connectivity index (χ1v) is 8.53. The fourth-order valence-corrected chi connectivity index (χ4v) is 3.21. The molecule has 5 heteroatoms. The van der Waals surface area contributed by atoms with Crippen LogP contribution in [0, 0.1) is 0 Å². The molecular weight excluding hydrogens is 302 g/mol. The maximum Gasteiger partial charge on any atom is 0.263 e. The highest BCUT2D eigenvalue weighted by Gasteiger charge is 2.30. The van der Waals surface area contributed by atoms with Crippen molar-refractivity contribution in [3.05, 3.63) is 54.6 Å². The number of carbonyl (C=O) groups is 1. The first kappa shape index (κ1) is 16.4. The second kappa shape index (κ2) is 7.90. The molecule has 0 bridgehead atoms. The molecule has 0 N–H and O–H groups in total. The van der Waals surface area contributed by atoms with Crippen LogP contribution in [0.25, 0.3) is 0 Å². The fourth-order valence-electron chi connectivity index (χ4n) is 3.21. The Morgan fingerprint density at radius 1 is 1.17 bits per heavy atom. The van der Waals surface area contributed by atoms with E-state index in [4.69, 9.17) is 4.74 Å². The summed E-state index contributed by atoms with van der Waals surface area (Å²) in [5.74, 6) is 0.649. The molecule has 2 aromatic heterocycles. The van der Waals surface area contributed by atoms with E-state index in [9.17, 15) is 4.79 Å². The van der Waals surface area contributed by atoms with E-state index >= 15 is 0 Å². The van der Waals surface area contributed by atoms with Crippen LogP contribution in [0.3, 0.4) is 0 Å². The maximum atomic E-state index is 13.0. The summed E-state index contributed by atoms with van der Waals surface area (Å²) in [6.45, 7) is 2.58. The number of carbonyl (C=O) groups excluding carboxylic acids is 1. The molecular formula is C19H23N3O2. The lowest BCUT2D eigenvalue weighted by Gasteiger charge is -2.32. The molecule has 1 aliphatic heterocycles. The maximum absolute atomic E-state index is 13.0. The Balaban J connectivity index is 1.77. The Kier molecular flexibility index (Phi) is 5.41. The van der Waals surface area contributed by atoms with Crippen molar-refractivity contribution in [3.63, 3.8) is 0 Å². The van der Waals surface area contributed by atoms with Crippen molar-refractivity contribution in [2.75, 3.05) is 6.54 Å². The number of rotatable bonds is 4. The van der Waals surface area contributed by atoms with Crippen molar-refractivity contribution in [1.82, 2.24) is 14.9 Å². The number of likely N-dealkylation sites (tertiary alicyclic amines) is 1. The molecule has 0 aromatic carbocycles. The minimum atomic E-state index is -0.531. The number of hydrogen-bond donors (Lipinski definition) is 0. The van der Waals surface area contributed by atoms with Crippen LogP contribution in [-0.4, -0.2) is 33.4 Å². The van der Waals surface area contributed by atoms with Gasteiger partial charge in [0.15, 0.2) is 6.10 Å². The molecule has 126 valence electrons. The summed E-state index contributed by atoms with van der Waals surface area (Å²) in [6.07, 6.45) is 10.7. The van der Waals surface area contributed by atoms with Crippen LogP contribution < -0.4 is 4.74 Å². The summed E-state index contributed by atoms with van der Waals surface area (Å²) in [5, 5.41) is 0. The third kappa shape index (κ3) is 3.91. The van der Waals surface area contributed by atoms with E-state index in [0.29, 0.717) is 5.75 Å². The van der Waals surface area contributed by atoms with Crippen molar-refractivity contribution in [2.24, 2.45) is 0 Å². The zero-order valence-corrected chi connectivity index (χ0v) is 14.0. The predicted molar refractivity (Wildman–Crippen MR) is 91.5 cm³/mol. The molecule has 5 nitrogen and oxygen atoms in total. The van der Waals surface area contributed by atoms with E-state index < -0.39 is 6.10 Å². The van der Waals surface area contributed by atoms with Crippen molar-refractivity contribution in [3.8, 4) is 5.75 Å². The van der Waals surface area contributed by atoms with Crippen LogP contribution in [0.15, 0.2) is 49.1 Å². The van der Waals surface area contributed by atoms with Gasteiger partial charge in [-0.3, -0.25) is 14.8 Å². The molecule has 1 aliphatic rings. The van der Waals surface area contributed by atoms with Gasteiger partial charge in [0.25, 0.3) is 5.91 Å². The topological polar surface area (TPSA) is 55.3 Å². The van der Waals surface area contributed by atoms with Gasteiger partial charge in [0.2, 0.25) is 0 Å². The number of amides is 1. The van der Waals surface area contributed by atoms with E-state index in [2.05, 4.69) is 9.97 Å². The number of aromatic nitrogens is 2. The molecule has 2 aromatic rings. The van der Waals surface area contributed by atoms with Gasteiger partial charge in [0.1, 0.15) is 5.75 Å². The van der Waals surface area contributed by atoms with Gasteiger partial charge in [-0.1, -0.05) is 12.8 Å². The van der Waals surface area contributed by atoms with Gasteiger partial charge in [0.05, 0.1) is 12.2 Å². The Morgan fingerprint density at radius 3 is 2.75 bits per heavy atom. The summed E-state index contributed by atoms with van der Waals surface area (Å²) >= 11 is 0. The third-order valence-electron chi connectivity index (χ3n) is 4.42. The second-order valence-corrected chi connectivity index (χ2v) is 6.13. The van der Waals surface area contributed by atoms with E-state index in [1.54, 1.807) is 30.9 Å². The van der Waals surface area contributed by atoms with Gasteiger partial charge in [-0.05, 0) is 49.6 Å². The van der Waals surface area contributed by atoms with Crippen molar-refractivity contribution in [1.29, 1.82) is 0 Å². The smallest absolute Gasteiger partial charge is 0.263 e. The van der Waals surface area contributed by atoms with Gasteiger partial charge in [-0.25, -0.2) is 0 Å². The SMILES string of the molecule is CC(Oc1cccnc1)C(=O)N1CCCCCC1c1ccncc1. The van der Waals surface area contributed by atoms with Crippen LogP contribution >= 0.6 is 0 Å². The minimum Gasteiger partial charge on any atom is -0.479 e. The van der Waals surface area contributed by atoms with Crippen LogP contribution in [0.2, 0.25) is 0 Å². The lowest BCUT2D eigenvalue weighted by molar-refractivity contribution is -0.140. The molecule has 0 saturated carbocycles. The summed E-state index contributed by atoms with van der Waals surface area (Å²) in [7, 11) is 0. The zero-order chi connectivity index (χ0) is 16.8. The molecule has 1 amide bonds. The third-order valence-corrected chi connectivity index (χ3v) is 4.42. The zero-order valence-electron chi connectivity index (χ0n) is 14.0. The summed E-state index contributed by atoms with van der Waals surface area (Å²) in [4.78, 5) is 23.1. The average Bonchev–Trinajstić information content (AvgIpc) is 2.88. The average molecular weight is 325 g/mol. The quantitative estimate of drug-likeness (QED) is 0.864. The van der Waals surface area contributed by atoms with E-state index in [1.165, 1.54) is 0 Å². The van der Waals surface area contributed by atoms with Gasteiger partial charge < -0.3 is 9.64 Å². The highest BCUT2D eigenvalue weighted by Crippen LogP contribution is 2.30. The number of hydrogen-bond acceptors (Lipinski definition) is 4. The normalized spacial score (nSPS) is 19.4. The Hall–Kier alpha value is -2.43. The predicted octanol–water partition coefficient (Wildman–Crippen LogP) is 3.39. The molecule has 24 heavy (non-hydrogen) atoms. The molecule has 0 spiro atoms. The Labute approximate surface area is 142 Å². The molecule has 2 atom stereocenters. The monoisotopic (exact) mass is 325 g/mol. The van der Waals surface area contributed by atoms with Gasteiger partial charge >= 0.3 is 0 Å². The standard InChI is InChI=1S/C19H23N3O2/c1-15(24-17-6-5-10-21-14-17)19(23)22-13-4-2-3-7-18(22)16-8-11-20-12-9-16/h5-6,8-12,14-15,18H,2-4,7,13H2,1H3. The molecule has 3 heterocycles. The summed E-state index contributed by atoms with van der Waals surface area (Å²) in [6, 6.07) is 7.73. The molecule has 2 unspecified atom stereocenters. The van der Waals surface area contributed by atoms with Crippen molar-refractivity contribution in [2.45, 2.75) is 44.8 Å². The number of nitrogens with zero attached hydrogens (tertiary/aromatic N) is 3. The molecule has 3 rings (SSSR count). The highest BCUT2D eigenvalue weighted by molar-refractivity contribution is 5.81. The largest absolute Gasteiger partial charge is 0.479 e.